The van der Waals surface area contributed by atoms with Gasteiger partial charge in [-0.3, -0.25) is 0 Å². The zero-order valence-corrected chi connectivity index (χ0v) is 16.4. The first-order valence-corrected chi connectivity index (χ1v) is 9.12. The fourth-order valence-corrected chi connectivity index (χ4v) is 3.21. The Labute approximate surface area is 160 Å². The van der Waals surface area contributed by atoms with E-state index in [1.54, 1.807) is 31.3 Å². The molecule has 3 nitrogen and oxygen atoms in total. The number of thioether (sulfide) groups is 1. The lowest BCUT2D eigenvalue weighted by Crippen LogP contribution is -2.23. The average Bonchev–Trinajstić information content (AvgIpc) is 2.53. The van der Waals surface area contributed by atoms with Gasteiger partial charge >= 0.3 is 6.18 Å². The second-order valence-electron chi connectivity index (χ2n) is 6.01. The van der Waals surface area contributed by atoms with Gasteiger partial charge in [-0.25, -0.2) is 9.98 Å². The van der Waals surface area contributed by atoms with Gasteiger partial charge in [-0.15, -0.1) is 11.8 Å². The molecule has 0 atom stereocenters. The zero-order valence-electron chi connectivity index (χ0n) is 14.9. The minimum absolute atomic E-state index is 0.379. The monoisotopic (exact) mass is 401 g/mol. The summed E-state index contributed by atoms with van der Waals surface area (Å²) in [5.41, 5.74) is 3.08. The molecule has 1 aromatic heterocycles. The lowest BCUT2D eigenvalue weighted by molar-refractivity contribution is -0.105. The number of benzene rings is 1. The van der Waals surface area contributed by atoms with Crippen LogP contribution in [0.15, 0.2) is 40.4 Å². The number of aryl methyl sites for hydroxylation is 2. The molecule has 0 saturated heterocycles. The number of aliphatic imine (C=N–C) groups is 1. The van der Waals surface area contributed by atoms with Gasteiger partial charge in [0.05, 0.1) is 11.4 Å². The summed E-state index contributed by atoms with van der Waals surface area (Å²) in [4.78, 5) is 11.1. The van der Waals surface area contributed by atoms with Crippen LogP contribution < -0.4 is 0 Å². The van der Waals surface area contributed by atoms with Gasteiger partial charge < -0.3 is 4.90 Å². The van der Waals surface area contributed by atoms with Crippen LogP contribution in [0.2, 0.25) is 5.15 Å². The first-order valence-electron chi connectivity index (χ1n) is 7.75. The molecule has 140 valence electrons. The zero-order chi connectivity index (χ0) is 19.5. The van der Waals surface area contributed by atoms with Crippen LogP contribution in [0.1, 0.15) is 16.7 Å². The summed E-state index contributed by atoms with van der Waals surface area (Å²) in [5.74, 6) is -0.283. The molecule has 0 aliphatic heterocycles. The Bertz CT molecular complexity index is 803. The van der Waals surface area contributed by atoms with Crippen molar-refractivity contribution in [2.45, 2.75) is 24.9 Å². The maximum absolute atomic E-state index is 12.5. The van der Waals surface area contributed by atoms with Crippen LogP contribution in [0.25, 0.3) is 0 Å². The SMILES string of the molecule is Cc1cc(C)c(SCC(F)(F)F)cc1/N=C(/c1ccc(Cl)nc1)N(C)C. The lowest BCUT2D eigenvalue weighted by atomic mass is 10.1. The van der Waals surface area contributed by atoms with Crippen molar-refractivity contribution in [2.24, 2.45) is 4.99 Å². The highest BCUT2D eigenvalue weighted by atomic mass is 35.5. The van der Waals surface area contributed by atoms with Crippen molar-refractivity contribution in [1.29, 1.82) is 0 Å². The van der Waals surface area contributed by atoms with E-state index in [-0.39, 0.29) is 0 Å². The Morgan fingerprint density at radius 1 is 1.19 bits per heavy atom. The second kappa shape index (κ2) is 8.31. The molecule has 0 N–H and O–H groups in total. The number of alkyl halides is 3. The van der Waals surface area contributed by atoms with Crippen molar-refractivity contribution in [2.75, 3.05) is 19.8 Å². The van der Waals surface area contributed by atoms with Gasteiger partial charge in [0, 0.05) is 30.8 Å². The van der Waals surface area contributed by atoms with Crippen molar-refractivity contribution in [3.05, 3.63) is 52.3 Å². The third-order valence-corrected chi connectivity index (χ3v) is 4.97. The van der Waals surface area contributed by atoms with E-state index in [4.69, 9.17) is 11.6 Å². The summed E-state index contributed by atoms with van der Waals surface area (Å²) < 4.78 is 37.6. The molecule has 0 radical (unpaired) electrons. The van der Waals surface area contributed by atoms with Crippen LogP contribution in [0, 0.1) is 13.8 Å². The smallest absolute Gasteiger partial charge is 0.362 e. The van der Waals surface area contributed by atoms with Gasteiger partial charge in [-0.2, -0.15) is 13.2 Å². The third kappa shape index (κ3) is 5.64. The van der Waals surface area contributed by atoms with Crippen LogP contribution in [-0.2, 0) is 0 Å². The van der Waals surface area contributed by atoms with E-state index < -0.39 is 11.9 Å². The molecule has 8 heteroatoms. The van der Waals surface area contributed by atoms with E-state index in [2.05, 4.69) is 9.98 Å². The van der Waals surface area contributed by atoms with Crippen molar-refractivity contribution < 1.29 is 13.2 Å². The number of nitrogens with zero attached hydrogens (tertiary/aromatic N) is 3. The number of aromatic nitrogens is 1. The van der Waals surface area contributed by atoms with E-state index in [0.717, 1.165) is 28.5 Å². The Morgan fingerprint density at radius 2 is 1.88 bits per heavy atom. The van der Waals surface area contributed by atoms with E-state index in [0.29, 0.717) is 21.6 Å². The standard InChI is InChI=1S/C18H19ClF3N3S/c1-11-7-12(2)15(26-10-18(20,21)22)8-14(11)24-17(25(3)4)13-5-6-16(19)23-9-13/h5-9H,10H2,1-4H3/b24-17-. The molecule has 26 heavy (non-hydrogen) atoms. The Balaban J connectivity index is 2.44. The van der Waals surface area contributed by atoms with Crippen LogP contribution >= 0.6 is 23.4 Å². The maximum atomic E-state index is 12.5. The molecule has 0 saturated carbocycles. The summed E-state index contributed by atoms with van der Waals surface area (Å²) in [7, 11) is 3.69. The number of pyridine rings is 1. The molecule has 0 spiro atoms. The molecular formula is C18H19ClF3N3S. The summed E-state index contributed by atoms with van der Waals surface area (Å²) in [6.45, 7) is 3.69. The molecule has 0 aliphatic rings. The van der Waals surface area contributed by atoms with Crippen LogP contribution in [-0.4, -0.2) is 41.7 Å². The number of rotatable bonds is 4. The topological polar surface area (TPSA) is 28.5 Å². The number of hydrogen-bond donors (Lipinski definition) is 0. The van der Waals surface area contributed by atoms with Crippen LogP contribution in [0.5, 0.6) is 0 Å². The minimum Gasteiger partial charge on any atom is -0.362 e. The van der Waals surface area contributed by atoms with E-state index in [9.17, 15) is 13.2 Å². The van der Waals surface area contributed by atoms with E-state index in [1.165, 1.54) is 0 Å². The van der Waals surface area contributed by atoms with Crippen LogP contribution in [0.4, 0.5) is 18.9 Å². The van der Waals surface area contributed by atoms with Crippen LogP contribution in [0.3, 0.4) is 0 Å². The summed E-state index contributed by atoms with van der Waals surface area (Å²) in [6.07, 6.45) is -2.60. The molecule has 1 heterocycles. The first-order chi connectivity index (χ1) is 12.1. The molecule has 0 unspecified atom stereocenters. The van der Waals surface area contributed by atoms with E-state index in [1.807, 2.05) is 32.0 Å². The highest BCUT2D eigenvalue weighted by Crippen LogP contribution is 2.34. The predicted molar refractivity (Wildman–Crippen MR) is 102 cm³/mol. The Kier molecular flexibility index (Phi) is 6.58. The molecular weight excluding hydrogens is 383 g/mol. The highest BCUT2D eigenvalue weighted by molar-refractivity contribution is 7.99. The normalized spacial score (nSPS) is 12.4. The van der Waals surface area contributed by atoms with Gasteiger partial charge in [-0.05, 0) is 43.2 Å². The Hall–Kier alpha value is -1.73. The second-order valence-corrected chi connectivity index (χ2v) is 7.41. The Morgan fingerprint density at radius 3 is 2.42 bits per heavy atom. The number of amidine groups is 1. The van der Waals surface area contributed by atoms with Gasteiger partial charge in [0.2, 0.25) is 0 Å². The summed E-state index contributed by atoms with van der Waals surface area (Å²) in [6, 6.07) is 7.03. The van der Waals surface area contributed by atoms with Gasteiger partial charge in [0.25, 0.3) is 0 Å². The first kappa shape index (κ1) is 20.6. The molecule has 0 bridgehead atoms. The largest absolute Gasteiger partial charge is 0.398 e. The molecule has 0 aliphatic carbocycles. The quantitative estimate of drug-likeness (QED) is 0.287. The van der Waals surface area contributed by atoms with Crippen molar-refractivity contribution >= 4 is 34.9 Å². The van der Waals surface area contributed by atoms with Crippen molar-refractivity contribution in [3.8, 4) is 0 Å². The van der Waals surface area contributed by atoms with Crippen molar-refractivity contribution in [1.82, 2.24) is 9.88 Å². The van der Waals surface area contributed by atoms with Gasteiger partial charge in [0.1, 0.15) is 11.0 Å². The van der Waals surface area contributed by atoms with Gasteiger partial charge in [-0.1, -0.05) is 17.7 Å². The highest BCUT2D eigenvalue weighted by Gasteiger charge is 2.27. The van der Waals surface area contributed by atoms with E-state index >= 15 is 0 Å². The molecule has 1 aromatic carbocycles. The average molecular weight is 402 g/mol. The minimum atomic E-state index is -4.21. The fraction of sp³-hybridized carbons (Fsp3) is 0.333. The molecule has 2 rings (SSSR count). The number of hydrogen-bond acceptors (Lipinski definition) is 3. The molecule has 0 amide bonds. The predicted octanol–water partition coefficient (Wildman–Crippen LogP) is 5.65. The van der Waals surface area contributed by atoms with Crippen molar-refractivity contribution in [3.63, 3.8) is 0 Å². The molecule has 2 aromatic rings. The third-order valence-electron chi connectivity index (χ3n) is 3.52. The number of halogens is 4. The molecule has 0 fully saturated rings. The van der Waals surface area contributed by atoms with Gasteiger partial charge in [0.15, 0.2) is 0 Å². The fourth-order valence-electron chi connectivity index (χ4n) is 2.30. The lowest BCUT2D eigenvalue weighted by Gasteiger charge is -2.17. The summed E-state index contributed by atoms with van der Waals surface area (Å²) >= 11 is 6.60. The maximum Gasteiger partial charge on any atom is 0.398 e. The summed E-state index contributed by atoms with van der Waals surface area (Å²) in [5, 5.41) is 0.379.